The van der Waals surface area contributed by atoms with E-state index in [-0.39, 0.29) is 5.91 Å². The minimum Gasteiger partial charge on any atom is -0.494 e. The number of ether oxygens (including phenoxy) is 2. The van der Waals surface area contributed by atoms with Crippen LogP contribution in [0.2, 0.25) is 0 Å². The van der Waals surface area contributed by atoms with Gasteiger partial charge in [-0.25, -0.2) is 9.97 Å². The van der Waals surface area contributed by atoms with Crippen LogP contribution in [0.25, 0.3) is 11.3 Å². The van der Waals surface area contributed by atoms with Gasteiger partial charge in [-0.15, -0.1) is 0 Å². The van der Waals surface area contributed by atoms with E-state index in [9.17, 15) is 4.79 Å². The molecule has 9 heteroatoms. The molecule has 4 aromatic rings. The minimum absolute atomic E-state index is 0.313. The van der Waals surface area contributed by atoms with Crippen molar-refractivity contribution >= 4 is 28.9 Å². The third-order valence-electron chi connectivity index (χ3n) is 6.59. The number of aromatic nitrogens is 2. The Hall–Kier alpha value is -4.89. The lowest BCUT2D eigenvalue weighted by Gasteiger charge is -2.26. The van der Waals surface area contributed by atoms with E-state index in [1.54, 1.807) is 13.3 Å². The van der Waals surface area contributed by atoms with Crippen molar-refractivity contribution in [3.8, 4) is 28.5 Å². The molecule has 2 N–H and O–H groups in total. The van der Waals surface area contributed by atoms with Gasteiger partial charge in [0, 0.05) is 38.0 Å². The topological polar surface area (TPSA) is 91.8 Å². The van der Waals surface area contributed by atoms with E-state index in [0.717, 1.165) is 41.2 Å². The second kappa shape index (κ2) is 13.6. The fourth-order valence-electron chi connectivity index (χ4n) is 4.33. The summed E-state index contributed by atoms with van der Waals surface area (Å²) in [6, 6.07) is 19.5. The average molecular weight is 567 g/mol. The van der Waals surface area contributed by atoms with Gasteiger partial charge in [-0.1, -0.05) is 30.3 Å². The van der Waals surface area contributed by atoms with Crippen LogP contribution < -0.4 is 25.0 Å². The van der Waals surface area contributed by atoms with Crippen LogP contribution >= 0.6 is 0 Å². The molecule has 42 heavy (non-hydrogen) atoms. The number of carbonyl (C=O) groups is 1. The summed E-state index contributed by atoms with van der Waals surface area (Å²) in [7, 11) is 7.61. The first-order valence-corrected chi connectivity index (χ1v) is 13.6. The van der Waals surface area contributed by atoms with Crippen LogP contribution in [0.3, 0.4) is 0 Å². The number of nitrogens with one attached hydrogen (secondary N) is 2. The smallest absolute Gasteiger partial charge is 0.247 e. The molecular weight excluding hydrogens is 528 g/mol. The summed E-state index contributed by atoms with van der Waals surface area (Å²) in [5, 5.41) is 6.20. The Bertz CT molecular complexity index is 1570. The van der Waals surface area contributed by atoms with E-state index in [1.165, 1.54) is 6.08 Å². The van der Waals surface area contributed by atoms with Crippen molar-refractivity contribution in [2.75, 3.05) is 56.9 Å². The van der Waals surface area contributed by atoms with E-state index >= 15 is 0 Å². The number of rotatable bonds is 12. The van der Waals surface area contributed by atoms with E-state index < -0.39 is 0 Å². The molecule has 1 amide bonds. The van der Waals surface area contributed by atoms with Gasteiger partial charge < -0.3 is 29.9 Å². The predicted molar refractivity (Wildman–Crippen MR) is 170 cm³/mol. The van der Waals surface area contributed by atoms with E-state index in [2.05, 4.69) is 32.0 Å². The molecule has 0 spiro atoms. The predicted octanol–water partition coefficient (Wildman–Crippen LogP) is 6.43. The molecule has 0 radical (unpaired) electrons. The molecule has 1 heterocycles. The Morgan fingerprint density at radius 1 is 0.952 bits per heavy atom. The summed E-state index contributed by atoms with van der Waals surface area (Å²) in [5.41, 5.74) is 5.73. The number of methoxy groups -OCH3 is 1. The molecule has 9 nitrogen and oxygen atoms in total. The molecule has 218 valence electrons. The first kappa shape index (κ1) is 30.1. The van der Waals surface area contributed by atoms with Crippen molar-refractivity contribution in [3.05, 3.63) is 90.6 Å². The van der Waals surface area contributed by atoms with Gasteiger partial charge in [0.15, 0.2) is 0 Å². The number of amides is 1. The highest BCUT2D eigenvalue weighted by atomic mass is 16.5. The molecular formula is C33H38N6O3. The quantitative estimate of drug-likeness (QED) is 0.190. The molecule has 0 saturated carbocycles. The van der Waals surface area contributed by atoms with Gasteiger partial charge in [0.05, 0.1) is 29.9 Å². The molecule has 0 atom stereocenters. The molecule has 4 rings (SSSR count). The molecule has 0 aliphatic rings. The molecule has 0 bridgehead atoms. The maximum absolute atomic E-state index is 12.3. The third-order valence-corrected chi connectivity index (χ3v) is 6.59. The lowest BCUT2D eigenvalue weighted by Crippen LogP contribution is -2.29. The van der Waals surface area contributed by atoms with Crippen molar-refractivity contribution in [2.45, 2.75) is 13.8 Å². The van der Waals surface area contributed by atoms with Crippen molar-refractivity contribution in [3.63, 3.8) is 0 Å². The Morgan fingerprint density at radius 2 is 1.74 bits per heavy atom. The average Bonchev–Trinajstić information content (AvgIpc) is 2.97. The van der Waals surface area contributed by atoms with Crippen molar-refractivity contribution in [1.82, 2.24) is 14.9 Å². The molecule has 0 aliphatic carbocycles. The fraction of sp³-hybridized carbons (Fsp3) is 0.242. The molecule has 0 aliphatic heterocycles. The van der Waals surface area contributed by atoms with Gasteiger partial charge >= 0.3 is 0 Å². The van der Waals surface area contributed by atoms with E-state index in [0.29, 0.717) is 34.5 Å². The summed E-state index contributed by atoms with van der Waals surface area (Å²) in [4.78, 5) is 25.7. The van der Waals surface area contributed by atoms with Crippen LogP contribution in [0.15, 0.2) is 79.5 Å². The van der Waals surface area contributed by atoms with Crippen LogP contribution in [0, 0.1) is 13.8 Å². The molecule has 3 aromatic carbocycles. The first-order valence-electron chi connectivity index (χ1n) is 13.6. The van der Waals surface area contributed by atoms with Crippen molar-refractivity contribution < 1.29 is 14.3 Å². The van der Waals surface area contributed by atoms with Crippen molar-refractivity contribution in [2.24, 2.45) is 0 Å². The maximum Gasteiger partial charge on any atom is 0.247 e. The number of nitrogens with zero attached hydrogens (tertiary/aromatic N) is 4. The van der Waals surface area contributed by atoms with E-state index in [1.807, 2.05) is 95.7 Å². The number of benzene rings is 3. The number of anilines is 4. The summed E-state index contributed by atoms with van der Waals surface area (Å²) < 4.78 is 12.0. The normalized spacial score (nSPS) is 10.7. The highest BCUT2D eigenvalue weighted by Gasteiger charge is 2.17. The van der Waals surface area contributed by atoms with Crippen LogP contribution in [0.5, 0.6) is 17.2 Å². The lowest BCUT2D eigenvalue weighted by atomic mass is 10.1. The molecule has 0 fully saturated rings. The number of hydrogen-bond donors (Lipinski definition) is 2. The monoisotopic (exact) mass is 566 g/mol. The van der Waals surface area contributed by atoms with Crippen LogP contribution in [0.4, 0.5) is 23.0 Å². The highest BCUT2D eigenvalue weighted by molar-refractivity contribution is 6.02. The second-order valence-corrected chi connectivity index (χ2v) is 10.3. The Balaban J connectivity index is 1.69. The molecule has 0 unspecified atom stereocenters. The van der Waals surface area contributed by atoms with Gasteiger partial charge in [0.2, 0.25) is 11.9 Å². The van der Waals surface area contributed by atoms with Crippen LogP contribution in [0.1, 0.15) is 11.1 Å². The lowest BCUT2D eigenvalue weighted by molar-refractivity contribution is -0.111. The van der Waals surface area contributed by atoms with Gasteiger partial charge in [0.1, 0.15) is 17.2 Å². The zero-order valence-corrected chi connectivity index (χ0v) is 25.1. The Kier molecular flexibility index (Phi) is 9.77. The maximum atomic E-state index is 12.3. The standard InChI is InChI=1S/C33H38N6O3/c1-8-32(40)35-27-20-28(31(41-7)21-29(27)39(6)17-16-38(4)5)37-33-34-15-14-26(36-33)25-19-23(3)12-13-30(25)42-24-11-9-10-22(2)18-24/h8-15,18-21H,1,16-17H2,2-7H3,(H,35,40)(H,34,36,37). The fourth-order valence-corrected chi connectivity index (χ4v) is 4.33. The zero-order valence-electron chi connectivity index (χ0n) is 25.1. The third kappa shape index (κ3) is 7.64. The summed E-state index contributed by atoms with van der Waals surface area (Å²) in [6.07, 6.45) is 2.94. The Morgan fingerprint density at radius 3 is 2.45 bits per heavy atom. The summed E-state index contributed by atoms with van der Waals surface area (Å²) >= 11 is 0. The number of aryl methyl sites for hydroxylation is 2. The number of carbonyl (C=O) groups excluding carboxylic acids is 1. The highest BCUT2D eigenvalue weighted by Crippen LogP contribution is 2.39. The van der Waals surface area contributed by atoms with Gasteiger partial charge in [-0.2, -0.15) is 0 Å². The summed E-state index contributed by atoms with van der Waals surface area (Å²) in [6.45, 7) is 9.23. The van der Waals surface area contributed by atoms with Crippen LogP contribution in [-0.2, 0) is 4.79 Å². The molecule has 1 aromatic heterocycles. The Labute approximate surface area is 247 Å². The molecule has 0 saturated heterocycles. The first-order chi connectivity index (χ1) is 20.2. The van der Waals surface area contributed by atoms with Gasteiger partial charge in [-0.05, 0) is 76.0 Å². The number of likely N-dealkylation sites (N-methyl/N-ethyl adjacent to an activating group) is 2. The zero-order chi connectivity index (χ0) is 30.2. The van der Waals surface area contributed by atoms with Crippen molar-refractivity contribution in [1.29, 1.82) is 0 Å². The summed E-state index contributed by atoms with van der Waals surface area (Å²) in [5.74, 6) is 2.07. The largest absolute Gasteiger partial charge is 0.494 e. The van der Waals surface area contributed by atoms with Gasteiger partial charge in [-0.3, -0.25) is 4.79 Å². The number of hydrogen-bond acceptors (Lipinski definition) is 8. The second-order valence-electron chi connectivity index (χ2n) is 10.3. The minimum atomic E-state index is -0.313. The van der Waals surface area contributed by atoms with Crippen LogP contribution in [-0.4, -0.2) is 62.1 Å². The SMILES string of the molecule is C=CC(=O)Nc1cc(Nc2nccc(-c3cc(C)ccc3Oc3cccc(C)c3)n2)c(OC)cc1N(C)CCN(C)C. The van der Waals surface area contributed by atoms with E-state index in [4.69, 9.17) is 14.5 Å². The van der Waals surface area contributed by atoms with Gasteiger partial charge in [0.25, 0.3) is 0 Å².